The van der Waals surface area contributed by atoms with Gasteiger partial charge < -0.3 is 14.6 Å². The summed E-state index contributed by atoms with van der Waals surface area (Å²) >= 11 is 1.77. The Morgan fingerprint density at radius 2 is 2.07 bits per heavy atom. The molecular formula is C22H20N4O2S. The minimum absolute atomic E-state index is 0.0309. The molecule has 0 aliphatic carbocycles. The third-order valence-electron chi connectivity index (χ3n) is 5.36. The third kappa shape index (κ3) is 2.89. The summed E-state index contributed by atoms with van der Waals surface area (Å²) in [4.78, 5) is 30.4. The van der Waals surface area contributed by atoms with Gasteiger partial charge >= 0.3 is 0 Å². The van der Waals surface area contributed by atoms with Crippen molar-refractivity contribution >= 4 is 28.2 Å². The van der Waals surface area contributed by atoms with Gasteiger partial charge in [-0.3, -0.25) is 4.79 Å². The van der Waals surface area contributed by atoms with Gasteiger partial charge in [-0.2, -0.15) is 0 Å². The molecule has 1 unspecified atom stereocenters. The van der Waals surface area contributed by atoms with Crippen molar-refractivity contribution in [3.05, 3.63) is 80.0 Å². The number of aromatic amines is 1. The number of pyridine rings is 1. The molecule has 0 spiro atoms. The summed E-state index contributed by atoms with van der Waals surface area (Å²) in [7, 11) is 1.61. The van der Waals surface area contributed by atoms with Crippen molar-refractivity contribution in [2.24, 2.45) is 0 Å². The molecule has 5 rings (SSSR count). The van der Waals surface area contributed by atoms with Crippen LogP contribution in [0.15, 0.2) is 53.6 Å². The van der Waals surface area contributed by atoms with Gasteiger partial charge in [0.25, 0.3) is 0 Å². The van der Waals surface area contributed by atoms with E-state index in [1.807, 2.05) is 12.1 Å². The van der Waals surface area contributed by atoms with Crippen LogP contribution in [-0.2, 0) is 13.0 Å². The Balaban J connectivity index is 1.73. The van der Waals surface area contributed by atoms with Crippen molar-refractivity contribution in [2.45, 2.75) is 25.9 Å². The zero-order valence-corrected chi connectivity index (χ0v) is 17.0. The quantitative estimate of drug-likeness (QED) is 0.555. The lowest BCUT2D eigenvalue weighted by molar-refractivity contribution is 0.415. The molecule has 6 nitrogen and oxygen atoms in total. The molecule has 1 aromatic carbocycles. The summed E-state index contributed by atoms with van der Waals surface area (Å²) in [5.74, 6) is 1.29. The van der Waals surface area contributed by atoms with Gasteiger partial charge in [0.15, 0.2) is 5.43 Å². The summed E-state index contributed by atoms with van der Waals surface area (Å²) in [6, 6.07) is 11.6. The fourth-order valence-corrected chi connectivity index (χ4v) is 4.99. The largest absolute Gasteiger partial charge is 0.497 e. The molecule has 3 aromatic heterocycles. The number of ether oxygens (including phenoxy) is 1. The first kappa shape index (κ1) is 17.9. The Morgan fingerprint density at radius 3 is 2.79 bits per heavy atom. The predicted molar refractivity (Wildman–Crippen MR) is 115 cm³/mol. The molecule has 0 saturated heterocycles. The average Bonchev–Trinajstić information content (AvgIpc) is 3.39. The van der Waals surface area contributed by atoms with Crippen molar-refractivity contribution in [2.75, 3.05) is 12.0 Å². The second kappa shape index (κ2) is 7.00. The van der Waals surface area contributed by atoms with Crippen LogP contribution in [0.3, 0.4) is 0 Å². The molecular weight excluding hydrogens is 384 g/mol. The van der Waals surface area contributed by atoms with Crippen molar-refractivity contribution in [1.82, 2.24) is 15.0 Å². The number of fused-ring (bicyclic) bond motifs is 2. The van der Waals surface area contributed by atoms with Crippen molar-refractivity contribution < 1.29 is 4.74 Å². The lowest BCUT2D eigenvalue weighted by Gasteiger charge is -2.24. The summed E-state index contributed by atoms with van der Waals surface area (Å²) in [5.41, 5.74) is 2.52. The molecule has 1 aliphatic heterocycles. The van der Waals surface area contributed by atoms with Crippen LogP contribution in [0.1, 0.15) is 34.0 Å². The third-order valence-corrected chi connectivity index (χ3v) is 6.64. The maximum atomic E-state index is 13.4. The molecule has 1 N–H and O–H groups in total. The minimum Gasteiger partial charge on any atom is -0.497 e. The second-order valence-electron chi connectivity index (χ2n) is 6.99. The Hall–Kier alpha value is -3.19. The molecule has 0 amide bonds. The van der Waals surface area contributed by atoms with E-state index in [0.717, 1.165) is 23.2 Å². The fourth-order valence-electron chi connectivity index (χ4n) is 3.91. The van der Waals surface area contributed by atoms with E-state index < -0.39 is 0 Å². The average molecular weight is 404 g/mol. The van der Waals surface area contributed by atoms with E-state index in [2.05, 4.69) is 38.9 Å². The number of methoxy groups -OCH3 is 1. The molecule has 0 bridgehead atoms. The molecule has 4 heterocycles. The van der Waals surface area contributed by atoms with Gasteiger partial charge in [0.1, 0.15) is 11.8 Å². The van der Waals surface area contributed by atoms with Crippen LogP contribution < -0.4 is 15.1 Å². The van der Waals surface area contributed by atoms with Crippen LogP contribution in [0.4, 0.5) is 5.95 Å². The SMILES string of the molecule is CCc1ccc(C2c3[nH]c4ccc(OC)cc4c(=O)c3CN2c2ncccn2)s1. The highest BCUT2D eigenvalue weighted by Gasteiger charge is 2.37. The number of hydrogen-bond acceptors (Lipinski definition) is 6. The minimum atomic E-state index is -0.114. The molecule has 0 fully saturated rings. The lowest BCUT2D eigenvalue weighted by atomic mass is 10.1. The molecule has 1 aliphatic rings. The monoisotopic (exact) mass is 404 g/mol. The number of thiophene rings is 1. The van der Waals surface area contributed by atoms with E-state index in [0.29, 0.717) is 23.6 Å². The van der Waals surface area contributed by atoms with Gasteiger partial charge in [-0.15, -0.1) is 11.3 Å². The number of benzene rings is 1. The summed E-state index contributed by atoms with van der Waals surface area (Å²) in [6.07, 6.45) is 4.45. The Kier molecular flexibility index (Phi) is 4.32. The molecule has 0 saturated carbocycles. The molecule has 0 radical (unpaired) electrons. The Morgan fingerprint density at radius 1 is 1.24 bits per heavy atom. The molecule has 7 heteroatoms. The van der Waals surface area contributed by atoms with Crippen LogP contribution in [0, 0.1) is 0 Å². The maximum Gasteiger partial charge on any atom is 0.226 e. The van der Waals surface area contributed by atoms with Gasteiger partial charge in [0.05, 0.1) is 19.3 Å². The predicted octanol–water partition coefficient (Wildman–Crippen LogP) is 4.06. The topological polar surface area (TPSA) is 71.1 Å². The standard InChI is InChI=1S/C22H20N4O2S/c1-3-14-6-8-18(29-14)20-19-16(12-26(20)22-23-9-4-10-24-22)21(27)15-11-13(28-2)5-7-17(15)25-19/h4-11,20H,3,12H2,1-2H3,(H,25,27). The van der Waals surface area contributed by atoms with Gasteiger partial charge in [-0.25, -0.2) is 9.97 Å². The van der Waals surface area contributed by atoms with Crippen LogP contribution in [-0.4, -0.2) is 22.1 Å². The van der Waals surface area contributed by atoms with E-state index in [4.69, 9.17) is 4.74 Å². The van der Waals surface area contributed by atoms with Crippen LogP contribution in [0.25, 0.3) is 10.9 Å². The Bertz CT molecular complexity index is 1250. The highest BCUT2D eigenvalue weighted by molar-refractivity contribution is 7.12. The lowest BCUT2D eigenvalue weighted by Crippen LogP contribution is -2.24. The van der Waals surface area contributed by atoms with Gasteiger partial charge in [0.2, 0.25) is 5.95 Å². The van der Waals surface area contributed by atoms with Crippen molar-refractivity contribution in [3.63, 3.8) is 0 Å². The number of nitrogens with zero attached hydrogens (tertiary/aromatic N) is 3. The number of aryl methyl sites for hydroxylation is 1. The normalized spacial score (nSPS) is 15.7. The van der Waals surface area contributed by atoms with Crippen molar-refractivity contribution in [3.8, 4) is 5.75 Å². The van der Waals surface area contributed by atoms with Crippen LogP contribution in [0.2, 0.25) is 0 Å². The Labute approximate surface area is 171 Å². The maximum absolute atomic E-state index is 13.4. The van der Waals surface area contributed by atoms with Crippen LogP contribution in [0.5, 0.6) is 5.75 Å². The van der Waals surface area contributed by atoms with E-state index >= 15 is 0 Å². The molecule has 146 valence electrons. The van der Waals surface area contributed by atoms with Crippen LogP contribution >= 0.6 is 11.3 Å². The first-order valence-electron chi connectivity index (χ1n) is 9.54. The van der Waals surface area contributed by atoms with Gasteiger partial charge in [0, 0.05) is 38.6 Å². The highest BCUT2D eigenvalue weighted by Crippen LogP contribution is 2.41. The fraction of sp³-hybridized carbons (Fsp3) is 0.227. The first-order valence-corrected chi connectivity index (χ1v) is 10.4. The summed E-state index contributed by atoms with van der Waals surface area (Å²) in [6.45, 7) is 2.62. The van der Waals surface area contributed by atoms with Crippen molar-refractivity contribution in [1.29, 1.82) is 0 Å². The molecule has 29 heavy (non-hydrogen) atoms. The van der Waals surface area contributed by atoms with Gasteiger partial charge in [-0.1, -0.05) is 6.92 Å². The molecule has 4 aromatic rings. The summed E-state index contributed by atoms with van der Waals surface area (Å²) in [5, 5.41) is 0.637. The first-order chi connectivity index (χ1) is 14.2. The van der Waals surface area contributed by atoms with E-state index in [-0.39, 0.29) is 11.5 Å². The number of rotatable bonds is 4. The van der Waals surface area contributed by atoms with E-state index in [9.17, 15) is 4.79 Å². The van der Waals surface area contributed by atoms with Gasteiger partial charge in [-0.05, 0) is 42.8 Å². The zero-order chi connectivity index (χ0) is 20.0. The number of nitrogens with one attached hydrogen (secondary N) is 1. The molecule has 1 atom stereocenters. The van der Waals surface area contributed by atoms with E-state index in [1.165, 1.54) is 9.75 Å². The number of aromatic nitrogens is 3. The number of anilines is 1. The summed E-state index contributed by atoms with van der Waals surface area (Å²) < 4.78 is 5.31. The smallest absolute Gasteiger partial charge is 0.226 e. The van der Waals surface area contributed by atoms with E-state index in [1.54, 1.807) is 43.0 Å². The second-order valence-corrected chi connectivity index (χ2v) is 8.19. The zero-order valence-electron chi connectivity index (χ0n) is 16.2. The number of H-pyrrole nitrogens is 1. The number of hydrogen-bond donors (Lipinski definition) is 1. The highest BCUT2D eigenvalue weighted by atomic mass is 32.1.